The van der Waals surface area contributed by atoms with E-state index >= 15 is 0 Å². The summed E-state index contributed by atoms with van der Waals surface area (Å²) >= 11 is 0. The fraction of sp³-hybridized carbons (Fsp3) is 0.818. The first kappa shape index (κ1) is 16.9. The molecule has 0 aliphatic heterocycles. The number of hydrogen-bond acceptors (Lipinski definition) is 4. The molecule has 0 spiro atoms. The highest BCUT2D eigenvalue weighted by Crippen LogP contribution is 2.10. The first-order valence-corrected chi connectivity index (χ1v) is 7.54. The van der Waals surface area contributed by atoms with Crippen LogP contribution in [0.3, 0.4) is 0 Å². The Hall–Kier alpha value is -1.13. The SMILES string of the molecule is CC(C)C(C#N)C(=O)NCC(C)(C)NS(C)(=O)=O. The van der Waals surface area contributed by atoms with Gasteiger partial charge < -0.3 is 5.32 Å². The molecule has 7 heteroatoms. The van der Waals surface area contributed by atoms with Gasteiger partial charge in [-0.15, -0.1) is 0 Å². The molecule has 6 nitrogen and oxygen atoms in total. The van der Waals surface area contributed by atoms with E-state index in [4.69, 9.17) is 5.26 Å². The van der Waals surface area contributed by atoms with E-state index in [0.29, 0.717) is 0 Å². The summed E-state index contributed by atoms with van der Waals surface area (Å²) in [7, 11) is -3.34. The van der Waals surface area contributed by atoms with E-state index in [9.17, 15) is 13.2 Å². The van der Waals surface area contributed by atoms with Crippen molar-refractivity contribution in [2.75, 3.05) is 12.8 Å². The summed E-state index contributed by atoms with van der Waals surface area (Å²) in [5.41, 5.74) is -0.791. The molecule has 2 N–H and O–H groups in total. The second-order valence-electron chi connectivity index (χ2n) is 5.33. The highest BCUT2D eigenvalue weighted by atomic mass is 32.2. The average Bonchev–Trinajstić information content (AvgIpc) is 2.11. The highest BCUT2D eigenvalue weighted by molar-refractivity contribution is 7.88. The lowest BCUT2D eigenvalue weighted by atomic mass is 9.96. The Bertz CT molecular complexity index is 435. The molecule has 18 heavy (non-hydrogen) atoms. The van der Waals surface area contributed by atoms with Gasteiger partial charge in [0.15, 0.2) is 0 Å². The zero-order valence-electron chi connectivity index (χ0n) is 11.4. The normalized spacial score (nSPS) is 14.1. The largest absolute Gasteiger partial charge is 0.353 e. The van der Waals surface area contributed by atoms with Crippen LogP contribution in [0.1, 0.15) is 27.7 Å². The maximum Gasteiger partial charge on any atom is 0.237 e. The molecule has 104 valence electrons. The van der Waals surface area contributed by atoms with Gasteiger partial charge >= 0.3 is 0 Å². The zero-order valence-corrected chi connectivity index (χ0v) is 12.3. The smallest absolute Gasteiger partial charge is 0.237 e. The quantitative estimate of drug-likeness (QED) is 0.724. The maximum absolute atomic E-state index is 11.7. The van der Waals surface area contributed by atoms with Crippen LogP contribution in [0, 0.1) is 23.2 Å². The minimum atomic E-state index is -3.34. The second kappa shape index (κ2) is 6.16. The number of nitriles is 1. The predicted molar refractivity (Wildman–Crippen MR) is 69.0 cm³/mol. The second-order valence-corrected chi connectivity index (χ2v) is 7.08. The molecule has 0 aromatic rings. The van der Waals surface area contributed by atoms with Gasteiger partial charge in [0.1, 0.15) is 5.92 Å². The van der Waals surface area contributed by atoms with Crippen molar-refractivity contribution in [3.63, 3.8) is 0 Å². The molecule has 0 saturated heterocycles. The van der Waals surface area contributed by atoms with Crippen LogP contribution in [-0.4, -0.2) is 32.7 Å². The Morgan fingerprint density at radius 2 is 1.89 bits per heavy atom. The van der Waals surface area contributed by atoms with Crippen molar-refractivity contribution in [3.8, 4) is 6.07 Å². The van der Waals surface area contributed by atoms with Crippen LogP contribution in [0.25, 0.3) is 0 Å². The summed E-state index contributed by atoms with van der Waals surface area (Å²) in [6.45, 7) is 7.01. The first-order chi connectivity index (χ1) is 7.98. The Morgan fingerprint density at radius 1 is 1.39 bits per heavy atom. The summed E-state index contributed by atoms with van der Waals surface area (Å²) in [6.07, 6.45) is 1.06. The number of rotatable bonds is 6. The van der Waals surface area contributed by atoms with Gasteiger partial charge in [0.2, 0.25) is 15.9 Å². The molecule has 0 rings (SSSR count). The fourth-order valence-electron chi connectivity index (χ4n) is 1.47. The van der Waals surface area contributed by atoms with Crippen molar-refractivity contribution in [1.82, 2.24) is 10.0 Å². The highest BCUT2D eigenvalue weighted by Gasteiger charge is 2.26. The number of amides is 1. The van der Waals surface area contributed by atoms with Gasteiger partial charge in [-0.1, -0.05) is 13.8 Å². The number of carbonyl (C=O) groups is 1. The average molecular weight is 275 g/mol. The summed E-state index contributed by atoms with van der Waals surface area (Å²) in [4.78, 5) is 11.7. The Balaban J connectivity index is 4.50. The third-order valence-corrected chi connectivity index (χ3v) is 3.18. The minimum absolute atomic E-state index is 0.0824. The summed E-state index contributed by atoms with van der Waals surface area (Å²) < 4.78 is 24.6. The Labute approximate surface area is 109 Å². The number of hydrogen-bond donors (Lipinski definition) is 2. The van der Waals surface area contributed by atoms with Crippen LogP contribution < -0.4 is 10.0 Å². The van der Waals surface area contributed by atoms with E-state index in [1.54, 1.807) is 27.7 Å². The van der Waals surface area contributed by atoms with Crippen molar-refractivity contribution in [2.24, 2.45) is 11.8 Å². The van der Waals surface area contributed by atoms with Gasteiger partial charge in [-0.25, -0.2) is 13.1 Å². The van der Waals surface area contributed by atoms with E-state index in [2.05, 4.69) is 10.0 Å². The number of carbonyl (C=O) groups excluding carboxylic acids is 1. The molecule has 0 aliphatic carbocycles. The van der Waals surface area contributed by atoms with E-state index in [1.165, 1.54) is 0 Å². The molecule has 0 aliphatic rings. The lowest BCUT2D eigenvalue weighted by Gasteiger charge is -2.26. The molecule has 0 heterocycles. The van der Waals surface area contributed by atoms with Gasteiger partial charge in [-0.3, -0.25) is 4.79 Å². The van der Waals surface area contributed by atoms with E-state index in [1.807, 2.05) is 6.07 Å². The fourth-order valence-corrected chi connectivity index (χ4v) is 2.54. The molecule has 0 saturated carbocycles. The topological polar surface area (TPSA) is 99.1 Å². The lowest BCUT2D eigenvalue weighted by molar-refractivity contribution is -0.124. The van der Waals surface area contributed by atoms with Crippen LogP contribution in [0.2, 0.25) is 0 Å². The van der Waals surface area contributed by atoms with Crippen LogP contribution in [0.5, 0.6) is 0 Å². The molecular weight excluding hydrogens is 254 g/mol. The van der Waals surface area contributed by atoms with E-state index in [-0.39, 0.29) is 18.4 Å². The van der Waals surface area contributed by atoms with E-state index in [0.717, 1.165) is 6.26 Å². The molecular formula is C11H21N3O3S. The molecule has 1 atom stereocenters. The van der Waals surface area contributed by atoms with Crippen LogP contribution in [-0.2, 0) is 14.8 Å². The molecule has 1 unspecified atom stereocenters. The van der Waals surface area contributed by atoms with Crippen molar-refractivity contribution >= 4 is 15.9 Å². The van der Waals surface area contributed by atoms with Crippen LogP contribution >= 0.6 is 0 Å². The van der Waals surface area contributed by atoms with Crippen LogP contribution in [0.4, 0.5) is 0 Å². The molecule has 0 bridgehead atoms. The monoisotopic (exact) mass is 275 g/mol. The first-order valence-electron chi connectivity index (χ1n) is 5.65. The van der Waals surface area contributed by atoms with Gasteiger partial charge in [-0.2, -0.15) is 5.26 Å². The van der Waals surface area contributed by atoms with Gasteiger partial charge in [-0.05, 0) is 19.8 Å². The summed E-state index contributed by atoms with van der Waals surface area (Å²) in [5.74, 6) is -1.18. The summed E-state index contributed by atoms with van der Waals surface area (Å²) in [5, 5.41) is 11.4. The third kappa shape index (κ3) is 6.57. The Kier molecular flexibility index (Phi) is 5.77. The number of nitrogens with zero attached hydrogens (tertiary/aromatic N) is 1. The molecule has 0 aromatic carbocycles. The van der Waals surface area contributed by atoms with Crippen LogP contribution in [0.15, 0.2) is 0 Å². The van der Waals surface area contributed by atoms with Gasteiger partial charge in [0.05, 0.1) is 12.3 Å². The van der Waals surface area contributed by atoms with E-state index < -0.39 is 21.5 Å². The molecule has 0 fully saturated rings. The summed E-state index contributed by atoms with van der Waals surface area (Å²) in [6, 6.07) is 1.94. The predicted octanol–water partition coefficient (Wildman–Crippen LogP) is 0.226. The molecule has 0 radical (unpaired) electrons. The minimum Gasteiger partial charge on any atom is -0.353 e. The lowest BCUT2D eigenvalue weighted by Crippen LogP contribution is -2.52. The third-order valence-electron chi connectivity index (χ3n) is 2.25. The molecule has 0 aromatic heterocycles. The Morgan fingerprint density at radius 3 is 2.22 bits per heavy atom. The number of sulfonamides is 1. The zero-order chi connectivity index (χ0) is 14.6. The standard InChI is InChI=1S/C11H21N3O3S/c1-8(2)9(6-12)10(15)13-7-11(3,4)14-18(5,16)17/h8-9,14H,7H2,1-5H3,(H,13,15). The van der Waals surface area contributed by atoms with Gasteiger partial charge in [0, 0.05) is 12.1 Å². The van der Waals surface area contributed by atoms with Gasteiger partial charge in [0.25, 0.3) is 0 Å². The van der Waals surface area contributed by atoms with Crippen molar-refractivity contribution < 1.29 is 13.2 Å². The van der Waals surface area contributed by atoms with Crippen molar-refractivity contribution in [2.45, 2.75) is 33.2 Å². The number of nitrogens with one attached hydrogen (secondary N) is 2. The van der Waals surface area contributed by atoms with Crippen molar-refractivity contribution in [1.29, 1.82) is 5.26 Å². The molecule has 1 amide bonds. The van der Waals surface area contributed by atoms with Crippen molar-refractivity contribution in [3.05, 3.63) is 0 Å². The maximum atomic E-state index is 11.7.